The Hall–Kier alpha value is -1.10. The van der Waals surface area contributed by atoms with Gasteiger partial charge in [-0.25, -0.2) is 4.98 Å². The Morgan fingerprint density at radius 1 is 1.59 bits per heavy atom. The first kappa shape index (κ1) is 12.4. The number of Topliss-reactive ketones (excluding diaryl/α,β-unsaturated/α-hetero) is 1. The Bertz CT molecular complexity index is 478. The van der Waals surface area contributed by atoms with E-state index in [1.165, 1.54) is 17.8 Å². The molecule has 0 radical (unpaired) electrons. The van der Waals surface area contributed by atoms with Gasteiger partial charge >= 0.3 is 0 Å². The number of ketones is 1. The van der Waals surface area contributed by atoms with Gasteiger partial charge in [0.15, 0.2) is 5.16 Å². The summed E-state index contributed by atoms with van der Waals surface area (Å²) in [6, 6.07) is 1.51. The SMILES string of the molecule is CC(C)c1cc(=O)[nH]c(SCC(=O)C2CC2)n1. The van der Waals surface area contributed by atoms with Crippen LogP contribution in [0.5, 0.6) is 0 Å². The highest BCUT2D eigenvalue weighted by molar-refractivity contribution is 7.99. The van der Waals surface area contributed by atoms with E-state index in [1.807, 2.05) is 13.8 Å². The summed E-state index contributed by atoms with van der Waals surface area (Å²) < 4.78 is 0. The van der Waals surface area contributed by atoms with E-state index in [4.69, 9.17) is 0 Å². The molecule has 0 atom stereocenters. The topological polar surface area (TPSA) is 62.8 Å². The van der Waals surface area contributed by atoms with E-state index in [0.717, 1.165) is 18.5 Å². The number of rotatable bonds is 5. The number of aromatic amines is 1. The van der Waals surface area contributed by atoms with Crippen LogP contribution >= 0.6 is 11.8 Å². The van der Waals surface area contributed by atoms with E-state index in [0.29, 0.717) is 10.9 Å². The lowest BCUT2D eigenvalue weighted by atomic mass is 10.1. The van der Waals surface area contributed by atoms with Crippen LogP contribution in [0.25, 0.3) is 0 Å². The highest BCUT2D eigenvalue weighted by Gasteiger charge is 2.29. The van der Waals surface area contributed by atoms with Crippen LogP contribution in [0.2, 0.25) is 0 Å². The molecule has 1 aliphatic rings. The monoisotopic (exact) mass is 252 g/mol. The van der Waals surface area contributed by atoms with Crippen molar-refractivity contribution >= 4 is 17.5 Å². The second-order valence-corrected chi connectivity index (χ2v) is 5.62. The zero-order valence-electron chi connectivity index (χ0n) is 10.0. The number of aromatic nitrogens is 2. The van der Waals surface area contributed by atoms with Crippen molar-refractivity contribution < 1.29 is 4.79 Å². The molecule has 0 saturated heterocycles. The van der Waals surface area contributed by atoms with Crippen LogP contribution in [0, 0.1) is 5.92 Å². The van der Waals surface area contributed by atoms with Gasteiger partial charge in [-0.2, -0.15) is 0 Å². The average molecular weight is 252 g/mol. The zero-order valence-corrected chi connectivity index (χ0v) is 10.8. The molecule has 1 aliphatic carbocycles. The van der Waals surface area contributed by atoms with Crippen LogP contribution in [0.1, 0.15) is 38.3 Å². The fourth-order valence-corrected chi connectivity index (χ4v) is 2.34. The highest BCUT2D eigenvalue weighted by atomic mass is 32.2. The molecule has 17 heavy (non-hydrogen) atoms. The van der Waals surface area contributed by atoms with E-state index in [-0.39, 0.29) is 23.2 Å². The van der Waals surface area contributed by atoms with Crippen LogP contribution in [0.3, 0.4) is 0 Å². The van der Waals surface area contributed by atoms with Crippen molar-refractivity contribution in [1.82, 2.24) is 9.97 Å². The summed E-state index contributed by atoms with van der Waals surface area (Å²) in [6.45, 7) is 3.98. The summed E-state index contributed by atoms with van der Waals surface area (Å²) >= 11 is 1.33. The van der Waals surface area contributed by atoms with Gasteiger partial charge in [0.25, 0.3) is 5.56 Å². The predicted molar refractivity (Wildman–Crippen MR) is 67.4 cm³/mol. The van der Waals surface area contributed by atoms with E-state index < -0.39 is 0 Å². The van der Waals surface area contributed by atoms with Crippen molar-refractivity contribution in [3.05, 3.63) is 22.1 Å². The second-order valence-electron chi connectivity index (χ2n) is 4.66. The van der Waals surface area contributed by atoms with Crippen molar-refractivity contribution in [3.63, 3.8) is 0 Å². The molecule has 0 bridgehead atoms. The largest absolute Gasteiger partial charge is 0.301 e. The maximum absolute atomic E-state index is 11.5. The van der Waals surface area contributed by atoms with Gasteiger partial charge in [0.1, 0.15) is 5.78 Å². The normalized spacial score (nSPS) is 15.2. The minimum absolute atomic E-state index is 0.148. The molecule has 0 aliphatic heterocycles. The van der Waals surface area contributed by atoms with Gasteiger partial charge in [0.05, 0.1) is 11.4 Å². The molecule has 0 amide bonds. The maximum Gasteiger partial charge on any atom is 0.251 e. The Morgan fingerprint density at radius 2 is 2.29 bits per heavy atom. The van der Waals surface area contributed by atoms with Crippen molar-refractivity contribution in [2.75, 3.05) is 5.75 Å². The summed E-state index contributed by atoms with van der Waals surface area (Å²) in [7, 11) is 0. The van der Waals surface area contributed by atoms with Crippen LogP contribution in [-0.4, -0.2) is 21.5 Å². The van der Waals surface area contributed by atoms with E-state index in [2.05, 4.69) is 9.97 Å². The van der Waals surface area contributed by atoms with E-state index >= 15 is 0 Å². The summed E-state index contributed by atoms with van der Waals surface area (Å²) in [5, 5.41) is 0.551. The fourth-order valence-electron chi connectivity index (χ4n) is 1.48. The molecule has 1 saturated carbocycles. The van der Waals surface area contributed by atoms with Crippen molar-refractivity contribution in [2.24, 2.45) is 5.92 Å². The lowest BCUT2D eigenvalue weighted by Gasteiger charge is -2.05. The van der Waals surface area contributed by atoms with Gasteiger partial charge in [-0.05, 0) is 18.8 Å². The minimum Gasteiger partial charge on any atom is -0.301 e. The Kier molecular flexibility index (Phi) is 3.66. The molecular weight excluding hydrogens is 236 g/mol. The molecule has 0 aromatic carbocycles. The molecule has 2 rings (SSSR count). The first-order valence-electron chi connectivity index (χ1n) is 5.83. The van der Waals surface area contributed by atoms with Crippen molar-refractivity contribution in [2.45, 2.75) is 37.8 Å². The summed E-state index contributed by atoms with van der Waals surface area (Å²) in [5.74, 6) is 1.17. The Morgan fingerprint density at radius 3 is 2.88 bits per heavy atom. The van der Waals surface area contributed by atoms with Crippen molar-refractivity contribution in [3.8, 4) is 0 Å². The van der Waals surface area contributed by atoms with Gasteiger partial charge in [-0.15, -0.1) is 0 Å². The molecule has 4 nitrogen and oxygen atoms in total. The molecule has 0 unspecified atom stereocenters. The fraction of sp³-hybridized carbons (Fsp3) is 0.583. The quantitative estimate of drug-likeness (QED) is 0.643. The number of thioether (sulfide) groups is 1. The zero-order chi connectivity index (χ0) is 12.4. The van der Waals surface area contributed by atoms with Gasteiger partial charge in [0, 0.05) is 12.0 Å². The van der Waals surface area contributed by atoms with E-state index in [9.17, 15) is 9.59 Å². The van der Waals surface area contributed by atoms with Gasteiger partial charge < -0.3 is 4.98 Å². The number of nitrogens with zero attached hydrogens (tertiary/aromatic N) is 1. The number of H-pyrrole nitrogens is 1. The standard InChI is InChI=1S/C12H16N2O2S/c1-7(2)9-5-11(16)14-12(13-9)17-6-10(15)8-3-4-8/h5,7-8H,3-4,6H2,1-2H3,(H,13,14,16). The molecule has 1 N–H and O–H groups in total. The Labute approximate surface area is 104 Å². The van der Waals surface area contributed by atoms with Gasteiger partial charge in [0.2, 0.25) is 0 Å². The number of carbonyl (C=O) groups is 1. The minimum atomic E-state index is -0.148. The van der Waals surface area contributed by atoms with Crippen LogP contribution in [0.15, 0.2) is 16.0 Å². The van der Waals surface area contributed by atoms with Crippen LogP contribution in [0.4, 0.5) is 0 Å². The lowest BCUT2D eigenvalue weighted by molar-refractivity contribution is -0.117. The maximum atomic E-state index is 11.5. The first-order chi connectivity index (χ1) is 8.06. The number of hydrogen-bond donors (Lipinski definition) is 1. The molecule has 1 aromatic rings. The van der Waals surface area contributed by atoms with Gasteiger partial charge in [-0.1, -0.05) is 25.6 Å². The molecule has 1 fully saturated rings. The number of hydrogen-bond acceptors (Lipinski definition) is 4. The second kappa shape index (κ2) is 5.04. The highest BCUT2D eigenvalue weighted by Crippen LogP contribution is 2.31. The predicted octanol–water partition coefficient (Wildman–Crippen LogP) is 1.96. The van der Waals surface area contributed by atoms with Crippen LogP contribution < -0.4 is 5.56 Å². The summed E-state index contributed by atoms with van der Waals surface area (Å²) in [6.07, 6.45) is 2.05. The summed E-state index contributed by atoms with van der Waals surface area (Å²) in [5.41, 5.74) is 0.625. The molecule has 1 heterocycles. The van der Waals surface area contributed by atoms with E-state index in [1.54, 1.807) is 0 Å². The average Bonchev–Trinajstić information content (AvgIpc) is 3.08. The van der Waals surface area contributed by atoms with Gasteiger partial charge in [-0.3, -0.25) is 9.59 Å². The van der Waals surface area contributed by atoms with Crippen LogP contribution in [-0.2, 0) is 4.79 Å². The number of nitrogens with one attached hydrogen (secondary N) is 1. The van der Waals surface area contributed by atoms with Crippen molar-refractivity contribution in [1.29, 1.82) is 0 Å². The first-order valence-corrected chi connectivity index (χ1v) is 6.81. The molecule has 92 valence electrons. The third-order valence-corrected chi connectivity index (χ3v) is 3.61. The summed E-state index contributed by atoms with van der Waals surface area (Å²) in [4.78, 5) is 30.0. The smallest absolute Gasteiger partial charge is 0.251 e. The lowest BCUT2D eigenvalue weighted by Crippen LogP contribution is -2.12. The molecule has 1 aromatic heterocycles. The molecular formula is C12H16N2O2S. The Balaban J connectivity index is 2.04. The third kappa shape index (κ3) is 3.43. The molecule has 5 heteroatoms. The third-order valence-electron chi connectivity index (χ3n) is 2.72. The molecule has 0 spiro atoms. The number of carbonyl (C=O) groups excluding carboxylic acids is 1.